The number of esters is 2. The first-order chi connectivity index (χ1) is 13.5. The van der Waals surface area contributed by atoms with Crippen LogP contribution in [0, 0.1) is 34.0 Å². The van der Waals surface area contributed by atoms with Crippen molar-refractivity contribution in [1.82, 2.24) is 0 Å². The molecule has 7 nitrogen and oxygen atoms in total. The Labute approximate surface area is 170 Å². The Morgan fingerprint density at radius 1 is 1.34 bits per heavy atom. The fourth-order valence-corrected chi connectivity index (χ4v) is 7.15. The third kappa shape index (κ3) is 2.46. The van der Waals surface area contributed by atoms with Gasteiger partial charge in [-0.15, -0.1) is 0 Å². The summed E-state index contributed by atoms with van der Waals surface area (Å²) in [6.07, 6.45) is 0.193. The van der Waals surface area contributed by atoms with Crippen LogP contribution >= 0.6 is 0 Å². The fraction of sp³-hybridized carbons (Fsp3) is 0.773. The lowest BCUT2D eigenvalue weighted by molar-refractivity contribution is -0.263. The van der Waals surface area contributed by atoms with Gasteiger partial charge in [-0.1, -0.05) is 20.4 Å². The van der Waals surface area contributed by atoms with E-state index in [0.29, 0.717) is 24.8 Å². The van der Waals surface area contributed by atoms with E-state index in [1.54, 1.807) is 0 Å². The van der Waals surface area contributed by atoms with Gasteiger partial charge in [0.15, 0.2) is 5.78 Å². The lowest BCUT2D eigenvalue weighted by Gasteiger charge is -2.63. The number of cyclic esters (lactones) is 1. The second-order valence-electron chi connectivity index (χ2n) is 10.1. The zero-order chi connectivity index (χ0) is 21.4. The Morgan fingerprint density at radius 3 is 2.66 bits per heavy atom. The number of allylic oxidation sites excluding steroid dienone is 1. The number of hydrogen-bond donors (Lipinski definition) is 2. The van der Waals surface area contributed by atoms with Gasteiger partial charge in [0.2, 0.25) is 0 Å². The molecule has 3 aliphatic carbocycles. The molecule has 2 N–H and O–H groups in total. The number of hydrogen-bond acceptors (Lipinski definition) is 7. The third-order valence-corrected chi connectivity index (χ3v) is 8.33. The fourth-order valence-electron chi connectivity index (χ4n) is 7.15. The summed E-state index contributed by atoms with van der Waals surface area (Å²) in [5.41, 5.74) is -2.55. The Hall–Kier alpha value is -1.73. The first-order valence-corrected chi connectivity index (χ1v) is 10.4. The van der Waals surface area contributed by atoms with Gasteiger partial charge in [-0.05, 0) is 48.5 Å². The second kappa shape index (κ2) is 6.38. The van der Waals surface area contributed by atoms with Gasteiger partial charge >= 0.3 is 11.9 Å². The number of Topliss-reactive ketones (excluding diaryl/α,β-unsaturated/α-hetero) is 1. The number of aliphatic hydroxyl groups is 2. The molecular formula is C22H30O7. The Kier molecular flexibility index (Phi) is 4.52. The van der Waals surface area contributed by atoms with Crippen LogP contribution in [0.1, 0.15) is 46.5 Å². The van der Waals surface area contributed by atoms with Crippen LogP contribution in [0.2, 0.25) is 0 Å². The molecule has 1 saturated heterocycles. The highest BCUT2D eigenvalue weighted by molar-refractivity contribution is 6.15. The van der Waals surface area contributed by atoms with Gasteiger partial charge in [0.1, 0.15) is 18.1 Å². The smallest absolute Gasteiger partial charge is 0.320 e. The molecule has 2 spiro atoms. The van der Waals surface area contributed by atoms with Crippen molar-refractivity contribution in [3.63, 3.8) is 0 Å². The predicted molar refractivity (Wildman–Crippen MR) is 101 cm³/mol. The SMILES string of the molecule is C=C1C(=O)[C@]23C[C@H]1C[C@H](O)[C@H]2[C@]1(COC3=O)[C@@H](OC(C)=O)CCC(C)(C)[C@H]1CO. The maximum Gasteiger partial charge on any atom is 0.320 e. The van der Waals surface area contributed by atoms with Gasteiger partial charge in [0.25, 0.3) is 0 Å². The molecule has 7 heteroatoms. The molecule has 0 amide bonds. The molecule has 0 unspecified atom stereocenters. The molecule has 160 valence electrons. The molecule has 29 heavy (non-hydrogen) atoms. The third-order valence-electron chi connectivity index (χ3n) is 8.33. The minimum atomic E-state index is -1.52. The average molecular weight is 406 g/mol. The van der Waals surface area contributed by atoms with Gasteiger partial charge in [-0.25, -0.2) is 0 Å². The quantitative estimate of drug-likeness (QED) is 0.405. The number of carbonyl (C=O) groups is 3. The molecule has 1 heterocycles. The van der Waals surface area contributed by atoms with E-state index in [1.807, 2.05) is 13.8 Å². The van der Waals surface area contributed by atoms with Crippen LogP contribution in [0.4, 0.5) is 0 Å². The van der Waals surface area contributed by atoms with E-state index >= 15 is 0 Å². The van der Waals surface area contributed by atoms with Gasteiger partial charge in [0, 0.05) is 19.4 Å². The van der Waals surface area contributed by atoms with Crippen LogP contribution in [-0.2, 0) is 23.9 Å². The molecule has 3 saturated carbocycles. The van der Waals surface area contributed by atoms with Crippen LogP contribution < -0.4 is 0 Å². The summed E-state index contributed by atoms with van der Waals surface area (Å²) in [5.74, 6) is -2.93. The van der Waals surface area contributed by atoms with E-state index < -0.39 is 46.8 Å². The zero-order valence-corrected chi connectivity index (χ0v) is 17.3. The summed E-state index contributed by atoms with van der Waals surface area (Å²) in [6, 6.07) is 0. The topological polar surface area (TPSA) is 110 Å². The summed E-state index contributed by atoms with van der Waals surface area (Å²) in [4.78, 5) is 38.3. The molecule has 0 aromatic rings. The zero-order valence-electron chi connectivity index (χ0n) is 17.3. The second-order valence-corrected chi connectivity index (χ2v) is 10.1. The van der Waals surface area contributed by atoms with Crippen LogP contribution in [0.5, 0.6) is 0 Å². The molecule has 1 aliphatic heterocycles. The van der Waals surface area contributed by atoms with Crippen molar-refractivity contribution in [1.29, 1.82) is 0 Å². The van der Waals surface area contributed by atoms with Crippen molar-refractivity contribution in [2.24, 2.45) is 34.0 Å². The number of rotatable bonds is 2. The van der Waals surface area contributed by atoms with Gasteiger partial charge in [-0.2, -0.15) is 0 Å². The Balaban J connectivity index is 1.95. The van der Waals surface area contributed by atoms with E-state index in [9.17, 15) is 24.6 Å². The van der Waals surface area contributed by atoms with Crippen LogP contribution in [0.3, 0.4) is 0 Å². The molecule has 7 atom stereocenters. The number of aliphatic hydroxyl groups excluding tert-OH is 2. The maximum atomic E-state index is 13.3. The number of ketones is 1. The summed E-state index contributed by atoms with van der Waals surface area (Å²) >= 11 is 0. The molecule has 4 rings (SSSR count). The standard InChI is InChI=1S/C22H30O7/c1-11-13-7-14(25)17-21(8-13,18(11)26)19(27)28-10-22(17)15(9-23)20(3,4)6-5-16(22)29-12(2)24/h13-17,23,25H,1,5-10H2,2-4H3/t13-,14+,15-,16+,17-,21+,22+/m1/s1. The highest BCUT2D eigenvalue weighted by Crippen LogP contribution is 2.68. The summed E-state index contributed by atoms with van der Waals surface area (Å²) in [6.45, 7) is 8.95. The van der Waals surface area contributed by atoms with Crippen molar-refractivity contribution >= 4 is 17.7 Å². The van der Waals surface area contributed by atoms with E-state index in [0.717, 1.165) is 0 Å². The van der Waals surface area contributed by atoms with Crippen molar-refractivity contribution in [3.05, 3.63) is 12.2 Å². The molecule has 0 aromatic heterocycles. The lowest BCUT2D eigenvalue weighted by Crippen LogP contribution is -2.71. The van der Waals surface area contributed by atoms with E-state index in [2.05, 4.69) is 6.58 Å². The summed E-state index contributed by atoms with van der Waals surface area (Å²) in [5, 5.41) is 21.7. The maximum absolute atomic E-state index is 13.3. The largest absolute Gasteiger partial charge is 0.464 e. The van der Waals surface area contributed by atoms with Crippen LogP contribution in [-0.4, -0.2) is 53.4 Å². The van der Waals surface area contributed by atoms with E-state index in [4.69, 9.17) is 9.47 Å². The average Bonchev–Trinajstić information content (AvgIpc) is 2.83. The van der Waals surface area contributed by atoms with Crippen LogP contribution in [0.15, 0.2) is 12.2 Å². The molecule has 4 aliphatic rings. The van der Waals surface area contributed by atoms with Gasteiger partial charge in [-0.3, -0.25) is 14.4 Å². The highest BCUT2D eigenvalue weighted by atomic mass is 16.6. The summed E-state index contributed by atoms with van der Waals surface area (Å²) < 4.78 is 11.4. The van der Waals surface area contributed by atoms with Crippen molar-refractivity contribution < 1.29 is 34.1 Å². The molecule has 4 fully saturated rings. The molecule has 0 aromatic carbocycles. The number of carbonyl (C=O) groups excluding carboxylic acids is 3. The predicted octanol–water partition coefficient (Wildman–Crippen LogP) is 1.40. The van der Waals surface area contributed by atoms with Crippen molar-refractivity contribution in [3.8, 4) is 0 Å². The lowest BCUT2D eigenvalue weighted by atomic mass is 9.43. The van der Waals surface area contributed by atoms with E-state index in [1.165, 1.54) is 6.92 Å². The molecule has 2 bridgehead atoms. The Bertz CT molecular complexity index is 786. The van der Waals surface area contributed by atoms with Gasteiger partial charge < -0.3 is 19.7 Å². The van der Waals surface area contributed by atoms with Gasteiger partial charge in [0.05, 0.1) is 11.5 Å². The van der Waals surface area contributed by atoms with Crippen molar-refractivity contribution in [2.45, 2.75) is 58.7 Å². The minimum Gasteiger partial charge on any atom is -0.464 e. The molecule has 0 radical (unpaired) electrons. The monoisotopic (exact) mass is 406 g/mol. The Morgan fingerprint density at radius 2 is 2.03 bits per heavy atom. The first-order valence-electron chi connectivity index (χ1n) is 10.4. The van der Waals surface area contributed by atoms with Crippen LogP contribution in [0.25, 0.3) is 0 Å². The summed E-state index contributed by atoms with van der Waals surface area (Å²) in [7, 11) is 0. The minimum absolute atomic E-state index is 0.0909. The molecular weight excluding hydrogens is 376 g/mol. The van der Waals surface area contributed by atoms with Crippen molar-refractivity contribution in [2.75, 3.05) is 13.2 Å². The first kappa shape index (κ1) is 20.5. The number of fused-ring (bicyclic) bond motifs is 2. The highest BCUT2D eigenvalue weighted by Gasteiger charge is 2.76. The van der Waals surface area contributed by atoms with E-state index in [-0.39, 0.29) is 36.8 Å². The number of ether oxygens (including phenoxy) is 2. The normalized spacial score (nSPS) is 45.7.